The van der Waals surface area contributed by atoms with Crippen molar-refractivity contribution >= 4 is 6.09 Å². The van der Waals surface area contributed by atoms with Crippen LogP contribution in [0.4, 0.5) is 4.79 Å². The summed E-state index contributed by atoms with van der Waals surface area (Å²) in [6.45, 7) is 9.79. The Morgan fingerprint density at radius 2 is 1.75 bits per heavy atom. The Balaban J connectivity index is 1.79. The first-order chi connectivity index (χ1) is 13.3. The minimum Gasteiger partial charge on any atom is -0.439 e. The van der Waals surface area contributed by atoms with Gasteiger partial charge in [0.1, 0.15) is 6.10 Å². The van der Waals surface area contributed by atoms with Crippen molar-refractivity contribution in [3.8, 4) is 0 Å². The molecule has 0 aliphatic heterocycles. The monoisotopic (exact) mass is 384 g/mol. The highest BCUT2D eigenvalue weighted by molar-refractivity contribution is 5.66. The van der Waals surface area contributed by atoms with Gasteiger partial charge in [-0.3, -0.25) is 5.21 Å². The van der Waals surface area contributed by atoms with Crippen LogP contribution in [0.15, 0.2) is 54.6 Å². The fourth-order valence-electron chi connectivity index (χ4n) is 3.01. The first-order valence-corrected chi connectivity index (χ1v) is 9.76. The van der Waals surface area contributed by atoms with Gasteiger partial charge in [0.05, 0.1) is 6.54 Å². The van der Waals surface area contributed by atoms with E-state index in [1.807, 2.05) is 63.2 Å². The van der Waals surface area contributed by atoms with Crippen molar-refractivity contribution < 1.29 is 14.7 Å². The molecule has 2 aromatic carbocycles. The van der Waals surface area contributed by atoms with Gasteiger partial charge in [-0.2, -0.15) is 5.06 Å². The maximum absolute atomic E-state index is 12.3. The zero-order valence-corrected chi connectivity index (χ0v) is 17.3. The molecule has 2 N–H and O–H groups in total. The number of ether oxygens (including phenoxy) is 1. The summed E-state index contributed by atoms with van der Waals surface area (Å²) in [6.07, 6.45) is -0.527. The molecular weight excluding hydrogens is 352 g/mol. The number of nitrogens with one attached hydrogen (secondary N) is 1. The molecule has 5 nitrogen and oxygen atoms in total. The molecule has 1 amide bonds. The summed E-state index contributed by atoms with van der Waals surface area (Å²) in [7, 11) is 0. The summed E-state index contributed by atoms with van der Waals surface area (Å²) in [4.78, 5) is 12.3. The van der Waals surface area contributed by atoms with E-state index in [1.54, 1.807) is 0 Å². The van der Waals surface area contributed by atoms with E-state index in [0.717, 1.165) is 12.1 Å². The van der Waals surface area contributed by atoms with Crippen LogP contribution < -0.4 is 5.32 Å². The van der Waals surface area contributed by atoms with Crippen molar-refractivity contribution in [3.05, 3.63) is 71.3 Å². The van der Waals surface area contributed by atoms with Gasteiger partial charge >= 0.3 is 6.09 Å². The fraction of sp³-hybridized carbons (Fsp3) is 0.435. The summed E-state index contributed by atoms with van der Waals surface area (Å²) >= 11 is 0. The third kappa shape index (κ3) is 6.66. The summed E-state index contributed by atoms with van der Waals surface area (Å²) < 4.78 is 5.62. The van der Waals surface area contributed by atoms with Gasteiger partial charge in [0, 0.05) is 12.0 Å². The number of carbonyl (C=O) groups is 1. The van der Waals surface area contributed by atoms with Gasteiger partial charge in [0.2, 0.25) is 0 Å². The van der Waals surface area contributed by atoms with Gasteiger partial charge in [-0.25, -0.2) is 4.79 Å². The Kier molecular flexibility index (Phi) is 8.03. The van der Waals surface area contributed by atoms with E-state index in [0.29, 0.717) is 18.0 Å². The van der Waals surface area contributed by atoms with Crippen LogP contribution in [0.25, 0.3) is 0 Å². The molecule has 0 aromatic heterocycles. The Labute approximate surface area is 168 Å². The van der Waals surface area contributed by atoms with Crippen LogP contribution in [-0.4, -0.2) is 29.5 Å². The van der Waals surface area contributed by atoms with E-state index in [9.17, 15) is 10.0 Å². The molecule has 0 fully saturated rings. The molecule has 0 bridgehead atoms. The lowest BCUT2D eigenvalue weighted by Gasteiger charge is -2.31. The highest BCUT2D eigenvalue weighted by Gasteiger charge is 2.31. The average Bonchev–Trinajstić information content (AvgIpc) is 2.66. The van der Waals surface area contributed by atoms with E-state index in [2.05, 4.69) is 24.4 Å². The van der Waals surface area contributed by atoms with Gasteiger partial charge in [0.25, 0.3) is 0 Å². The standard InChI is InChI=1S/C23H32N2O3/c1-18-11-8-9-14-20(18)17-24-15-10-16-25(27)22(26)28-21(23(2,3)4)19-12-6-5-7-13-19/h5-9,11-14,21,24,27H,10,15-17H2,1-4H3. The molecule has 0 saturated heterocycles. The zero-order chi connectivity index (χ0) is 20.6. The minimum absolute atomic E-state index is 0.214. The second-order valence-corrected chi connectivity index (χ2v) is 8.12. The number of amides is 1. The van der Waals surface area contributed by atoms with E-state index in [4.69, 9.17) is 4.74 Å². The highest BCUT2D eigenvalue weighted by Crippen LogP contribution is 2.36. The summed E-state index contributed by atoms with van der Waals surface area (Å²) in [6, 6.07) is 17.8. The largest absolute Gasteiger partial charge is 0.439 e. The van der Waals surface area contributed by atoms with Crippen molar-refractivity contribution in [1.82, 2.24) is 10.4 Å². The smallest absolute Gasteiger partial charge is 0.434 e. The summed E-state index contributed by atoms with van der Waals surface area (Å²) in [5.41, 5.74) is 3.12. The molecule has 2 aromatic rings. The maximum Gasteiger partial charge on any atom is 0.434 e. The first kappa shape index (κ1) is 21.9. The lowest BCUT2D eigenvalue weighted by atomic mass is 9.84. The molecule has 0 saturated carbocycles. The minimum atomic E-state index is -0.720. The fourth-order valence-corrected chi connectivity index (χ4v) is 3.01. The Morgan fingerprint density at radius 1 is 1.11 bits per heavy atom. The van der Waals surface area contributed by atoms with Gasteiger partial charge in [0.15, 0.2) is 0 Å². The number of nitrogens with zero attached hydrogens (tertiary/aromatic N) is 1. The van der Waals surface area contributed by atoms with Gasteiger partial charge < -0.3 is 10.1 Å². The molecule has 152 valence electrons. The van der Waals surface area contributed by atoms with Crippen LogP contribution in [0.2, 0.25) is 0 Å². The van der Waals surface area contributed by atoms with Crippen molar-refractivity contribution in [2.45, 2.75) is 46.8 Å². The highest BCUT2D eigenvalue weighted by atomic mass is 16.6. The van der Waals surface area contributed by atoms with E-state index >= 15 is 0 Å². The van der Waals surface area contributed by atoms with E-state index in [1.165, 1.54) is 11.1 Å². The molecule has 5 heteroatoms. The van der Waals surface area contributed by atoms with Gasteiger partial charge in [-0.15, -0.1) is 0 Å². The Morgan fingerprint density at radius 3 is 2.39 bits per heavy atom. The van der Waals surface area contributed by atoms with Crippen molar-refractivity contribution in [2.24, 2.45) is 5.41 Å². The van der Waals surface area contributed by atoms with Crippen LogP contribution in [0.1, 0.15) is 50.0 Å². The van der Waals surface area contributed by atoms with Crippen LogP contribution in [0, 0.1) is 12.3 Å². The van der Waals surface area contributed by atoms with E-state index < -0.39 is 12.2 Å². The SMILES string of the molecule is Cc1ccccc1CNCCCN(O)C(=O)OC(c1ccccc1)C(C)(C)C. The topological polar surface area (TPSA) is 61.8 Å². The first-order valence-electron chi connectivity index (χ1n) is 9.76. The molecule has 1 unspecified atom stereocenters. The van der Waals surface area contributed by atoms with Crippen molar-refractivity contribution in [1.29, 1.82) is 0 Å². The molecular formula is C23H32N2O3. The summed E-state index contributed by atoms with van der Waals surface area (Å²) in [5, 5.41) is 14.1. The molecule has 0 heterocycles. The lowest BCUT2D eigenvalue weighted by molar-refractivity contribution is -0.0959. The van der Waals surface area contributed by atoms with Crippen molar-refractivity contribution in [2.75, 3.05) is 13.1 Å². The lowest BCUT2D eigenvalue weighted by Crippen LogP contribution is -2.34. The van der Waals surface area contributed by atoms with Gasteiger partial charge in [-0.1, -0.05) is 75.4 Å². The third-order valence-electron chi connectivity index (χ3n) is 4.62. The maximum atomic E-state index is 12.3. The third-order valence-corrected chi connectivity index (χ3v) is 4.62. The Bertz CT molecular complexity index is 741. The van der Waals surface area contributed by atoms with Crippen LogP contribution in [0.5, 0.6) is 0 Å². The Hall–Kier alpha value is -2.37. The molecule has 0 spiro atoms. The number of carbonyl (C=O) groups excluding carboxylic acids is 1. The van der Waals surface area contributed by atoms with Gasteiger partial charge in [-0.05, 0) is 36.6 Å². The van der Waals surface area contributed by atoms with E-state index in [-0.39, 0.29) is 12.0 Å². The molecule has 0 aliphatic carbocycles. The predicted molar refractivity (Wildman–Crippen MR) is 111 cm³/mol. The quantitative estimate of drug-likeness (QED) is 0.378. The summed E-state index contributed by atoms with van der Waals surface area (Å²) in [5.74, 6) is 0. The number of hydrogen-bond donors (Lipinski definition) is 2. The number of hydrogen-bond acceptors (Lipinski definition) is 4. The number of rotatable bonds is 8. The second kappa shape index (κ2) is 10.2. The molecule has 2 rings (SSSR count). The van der Waals surface area contributed by atoms with Crippen LogP contribution in [-0.2, 0) is 11.3 Å². The molecule has 28 heavy (non-hydrogen) atoms. The number of hydroxylamine groups is 2. The normalized spacial score (nSPS) is 12.5. The zero-order valence-electron chi connectivity index (χ0n) is 17.3. The van der Waals surface area contributed by atoms with Crippen molar-refractivity contribution in [3.63, 3.8) is 0 Å². The average molecular weight is 385 g/mol. The molecule has 1 atom stereocenters. The second-order valence-electron chi connectivity index (χ2n) is 8.12. The predicted octanol–water partition coefficient (Wildman–Crippen LogP) is 5.09. The number of benzene rings is 2. The van der Waals surface area contributed by atoms with Crippen LogP contribution >= 0.6 is 0 Å². The number of aryl methyl sites for hydroxylation is 1. The molecule has 0 aliphatic rings. The molecule has 0 radical (unpaired) electrons. The van der Waals surface area contributed by atoms with Crippen LogP contribution in [0.3, 0.4) is 0 Å².